The van der Waals surface area contributed by atoms with Crippen LogP contribution in [0.1, 0.15) is 50.5 Å². The minimum Gasteiger partial charge on any atom is -0.339 e. The number of likely N-dealkylation sites (tertiary alicyclic amines) is 1. The lowest BCUT2D eigenvalue weighted by atomic mass is 9.86. The van der Waals surface area contributed by atoms with Crippen LogP contribution in [-0.2, 0) is 11.2 Å². The molecule has 1 aromatic carbocycles. The Bertz CT molecular complexity index is 526. The van der Waals surface area contributed by atoms with Gasteiger partial charge in [0.05, 0.1) is 0 Å². The third-order valence-corrected chi connectivity index (χ3v) is 6.33. The molecule has 0 aromatic heterocycles. The van der Waals surface area contributed by atoms with E-state index in [-0.39, 0.29) is 0 Å². The summed E-state index contributed by atoms with van der Waals surface area (Å²) >= 11 is 0. The molecule has 2 nitrogen and oxygen atoms in total. The van der Waals surface area contributed by atoms with Crippen molar-refractivity contribution in [1.29, 1.82) is 0 Å². The molecule has 2 saturated carbocycles. The van der Waals surface area contributed by atoms with E-state index in [4.69, 9.17) is 0 Å². The van der Waals surface area contributed by atoms with E-state index < -0.39 is 0 Å². The van der Waals surface area contributed by atoms with Gasteiger partial charge in [-0.3, -0.25) is 4.79 Å². The number of hydrogen-bond acceptors (Lipinski definition) is 1. The van der Waals surface area contributed by atoms with Crippen LogP contribution >= 0.6 is 0 Å². The normalized spacial score (nSPS) is 33.5. The van der Waals surface area contributed by atoms with E-state index in [1.165, 1.54) is 44.1 Å². The van der Waals surface area contributed by atoms with Gasteiger partial charge >= 0.3 is 0 Å². The third kappa shape index (κ3) is 2.80. The fourth-order valence-electron chi connectivity index (χ4n) is 5.23. The van der Waals surface area contributed by atoms with Gasteiger partial charge in [0.15, 0.2) is 0 Å². The molecule has 2 bridgehead atoms. The molecule has 4 unspecified atom stereocenters. The van der Waals surface area contributed by atoms with Crippen LogP contribution in [0.5, 0.6) is 0 Å². The molecule has 22 heavy (non-hydrogen) atoms. The second-order valence-corrected chi connectivity index (χ2v) is 7.71. The average Bonchev–Trinajstić information content (AvgIpc) is 3.24. The van der Waals surface area contributed by atoms with E-state index in [1.54, 1.807) is 0 Å². The molecular weight excluding hydrogens is 270 g/mol. The molecule has 2 heteroatoms. The molecule has 0 spiro atoms. The first-order valence-corrected chi connectivity index (χ1v) is 9.13. The summed E-state index contributed by atoms with van der Waals surface area (Å²) < 4.78 is 0. The summed E-state index contributed by atoms with van der Waals surface area (Å²) in [6.45, 7) is 0.983. The van der Waals surface area contributed by atoms with E-state index in [0.717, 1.165) is 31.2 Å². The molecular formula is C20H27NO. The molecule has 1 saturated heterocycles. The standard InChI is InChI=1S/C20H27NO/c22-20(14-18-12-16-8-9-17(18)11-16)21-10-4-7-19(21)13-15-5-2-1-3-6-15/h1-3,5-6,16-19H,4,7-14H2. The minimum atomic E-state index is 0.438. The largest absolute Gasteiger partial charge is 0.339 e. The van der Waals surface area contributed by atoms with Gasteiger partial charge in [-0.2, -0.15) is 0 Å². The summed E-state index contributed by atoms with van der Waals surface area (Å²) in [5.74, 6) is 2.95. The van der Waals surface area contributed by atoms with Gasteiger partial charge in [-0.15, -0.1) is 0 Å². The summed E-state index contributed by atoms with van der Waals surface area (Å²) in [4.78, 5) is 15.0. The van der Waals surface area contributed by atoms with E-state index in [2.05, 4.69) is 35.2 Å². The lowest BCUT2D eigenvalue weighted by molar-refractivity contribution is -0.133. The Morgan fingerprint density at radius 1 is 1.09 bits per heavy atom. The quantitative estimate of drug-likeness (QED) is 0.821. The van der Waals surface area contributed by atoms with Crippen LogP contribution in [0.25, 0.3) is 0 Å². The maximum Gasteiger partial charge on any atom is 0.223 e. The van der Waals surface area contributed by atoms with Gasteiger partial charge in [-0.05, 0) is 61.8 Å². The Morgan fingerprint density at radius 2 is 1.95 bits per heavy atom. The maximum atomic E-state index is 12.8. The van der Waals surface area contributed by atoms with Crippen LogP contribution < -0.4 is 0 Å². The zero-order valence-electron chi connectivity index (χ0n) is 13.4. The first kappa shape index (κ1) is 14.3. The predicted molar refractivity (Wildman–Crippen MR) is 88.4 cm³/mol. The highest BCUT2D eigenvalue weighted by atomic mass is 16.2. The van der Waals surface area contributed by atoms with Crippen molar-refractivity contribution in [1.82, 2.24) is 4.90 Å². The van der Waals surface area contributed by atoms with Gasteiger partial charge in [-0.1, -0.05) is 36.8 Å². The Kier molecular flexibility index (Phi) is 3.94. The molecule has 0 radical (unpaired) electrons. The smallest absolute Gasteiger partial charge is 0.223 e. The lowest BCUT2D eigenvalue weighted by Crippen LogP contribution is -2.38. The van der Waals surface area contributed by atoms with Crippen molar-refractivity contribution in [3.63, 3.8) is 0 Å². The zero-order valence-corrected chi connectivity index (χ0v) is 13.4. The second kappa shape index (κ2) is 6.06. The van der Waals surface area contributed by atoms with Crippen molar-refractivity contribution in [2.24, 2.45) is 17.8 Å². The first-order chi connectivity index (χ1) is 10.8. The van der Waals surface area contributed by atoms with Crippen molar-refractivity contribution in [3.05, 3.63) is 35.9 Å². The van der Waals surface area contributed by atoms with Crippen molar-refractivity contribution in [3.8, 4) is 0 Å². The molecule has 1 aromatic rings. The van der Waals surface area contributed by atoms with E-state index >= 15 is 0 Å². The number of benzene rings is 1. The Morgan fingerprint density at radius 3 is 2.68 bits per heavy atom. The number of amides is 1. The summed E-state index contributed by atoms with van der Waals surface area (Å²) in [5.41, 5.74) is 1.37. The predicted octanol–water partition coefficient (Wildman–Crippen LogP) is 4.05. The number of fused-ring (bicyclic) bond motifs is 2. The van der Waals surface area contributed by atoms with Crippen LogP contribution in [0, 0.1) is 17.8 Å². The van der Waals surface area contributed by atoms with Crippen molar-refractivity contribution >= 4 is 5.91 Å². The average molecular weight is 297 g/mol. The first-order valence-electron chi connectivity index (χ1n) is 9.13. The van der Waals surface area contributed by atoms with E-state index in [1.807, 2.05) is 0 Å². The molecule has 118 valence electrons. The molecule has 1 aliphatic heterocycles. The second-order valence-electron chi connectivity index (χ2n) is 7.71. The van der Waals surface area contributed by atoms with Crippen molar-refractivity contribution in [2.45, 2.75) is 57.4 Å². The van der Waals surface area contributed by atoms with Crippen LogP contribution in [0.4, 0.5) is 0 Å². The summed E-state index contributed by atoms with van der Waals surface area (Å²) in [6, 6.07) is 11.1. The summed E-state index contributed by atoms with van der Waals surface area (Å²) in [7, 11) is 0. The van der Waals surface area contributed by atoms with Crippen molar-refractivity contribution < 1.29 is 4.79 Å². The number of nitrogens with zero attached hydrogens (tertiary/aromatic N) is 1. The summed E-state index contributed by atoms with van der Waals surface area (Å²) in [6.07, 6.45) is 9.76. The van der Waals surface area contributed by atoms with Crippen molar-refractivity contribution in [2.75, 3.05) is 6.54 Å². The highest BCUT2D eigenvalue weighted by Gasteiger charge is 2.41. The Balaban J connectivity index is 1.37. The van der Waals surface area contributed by atoms with Crippen LogP contribution in [0.3, 0.4) is 0 Å². The van der Waals surface area contributed by atoms with Gasteiger partial charge in [0.2, 0.25) is 5.91 Å². The Hall–Kier alpha value is -1.31. The molecule has 3 fully saturated rings. The minimum absolute atomic E-state index is 0.438. The monoisotopic (exact) mass is 297 g/mol. The number of carbonyl (C=O) groups is 1. The number of hydrogen-bond donors (Lipinski definition) is 0. The summed E-state index contributed by atoms with van der Waals surface area (Å²) in [5, 5.41) is 0. The van der Waals surface area contributed by atoms with E-state index in [0.29, 0.717) is 17.9 Å². The fourth-order valence-corrected chi connectivity index (χ4v) is 5.23. The van der Waals surface area contributed by atoms with E-state index in [9.17, 15) is 4.79 Å². The van der Waals surface area contributed by atoms with Gasteiger partial charge < -0.3 is 4.90 Å². The SMILES string of the molecule is O=C(CC1CC2CCC1C2)N1CCCC1Cc1ccccc1. The highest BCUT2D eigenvalue weighted by Crippen LogP contribution is 2.49. The molecule has 4 atom stereocenters. The number of carbonyl (C=O) groups excluding carboxylic acids is 1. The van der Waals surface area contributed by atoms with Gasteiger partial charge in [0, 0.05) is 19.0 Å². The topological polar surface area (TPSA) is 20.3 Å². The number of rotatable bonds is 4. The third-order valence-electron chi connectivity index (χ3n) is 6.33. The molecule has 1 heterocycles. The molecule has 0 N–H and O–H groups in total. The fraction of sp³-hybridized carbons (Fsp3) is 0.650. The molecule has 2 aliphatic carbocycles. The van der Waals surface area contributed by atoms with Crippen LogP contribution in [-0.4, -0.2) is 23.4 Å². The van der Waals surface area contributed by atoms with Gasteiger partial charge in [-0.25, -0.2) is 0 Å². The molecule has 4 rings (SSSR count). The van der Waals surface area contributed by atoms with Gasteiger partial charge in [0.25, 0.3) is 0 Å². The van der Waals surface area contributed by atoms with Crippen LogP contribution in [0.2, 0.25) is 0 Å². The molecule has 3 aliphatic rings. The highest BCUT2D eigenvalue weighted by molar-refractivity contribution is 5.77. The molecule has 1 amide bonds. The van der Waals surface area contributed by atoms with Crippen LogP contribution in [0.15, 0.2) is 30.3 Å². The lowest BCUT2D eigenvalue weighted by Gasteiger charge is -2.28. The zero-order chi connectivity index (χ0) is 14.9. The van der Waals surface area contributed by atoms with Gasteiger partial charge in [0.1, 0.15) is 0 Å². The Labute approximate surface area is 133 Å². The maximum absolute atomic E-state index is 12.8.